The summed E-state index contributed by atoms with van der Waals surface area (Å²) < 4.78 is 10.3. The number of rotatable bonds is 6. The first-order chi connectivity index (χ1) is 14.0. The standard InChI is InChI=1S/C20H19ClN4O3S/c1-3-27-19(26)15-8-5-9-16(12(15)2)23-20(29)22-11-17-24-18(25-28-17)13-6-4-7-14(21)10-13/h4-10H,3,11H2,1-2H3,(H2,22,23,29). The fourth-order valence-corrected chi connectivity index (χ4v) is 2.97. The minimum absolute atomic E-state index is 0.246. The molecule has 1 aromatic heterocycles. The number of hydrogen-bond acceptors (Lipinski definition) is 6. The number of carbonyl (C=O) groups excluding carboxylic acids is 1. The van der Waals surface area contributed by atoms with E-state index in [1.807, 2.05) is 25.1 Å². The topological polar surface area (TPSA) is 89.3 Å². The van der Waals surface area contributed by atoms with Gasteiger partial charge in [-0.2, -0.15) is 4.98 Å². The molecular formula is C20H19ClN4O3S. The highest BCUT2D eigenvalue weighted by Gasteiger charge is 2.14. The van der Waals surface area contributed by atoms with Crippen molar-refractivity contribution in [2.75, 3.05) is 11.9 Å². The van der Waals surface area contributed by atoms with E-state index < -0.39 is 0 Å². The van der Waals surface area contributed by atoms with Crippen LogP contribution in [0.15, 0.2) is 47.0 Å². The van der Waals surface area contributed by atoms with Gasteiger partial charge in [-0.15, -0.1) is 0 Å². The first-order valence-corrected chi connectivity index (χ1v) is 9.66. The lowest BCUT2D eigenvalue weighted by molar-refractivity contribution is 0.0525. The molecule has 0 atom stereocenters. The third-order valence-electron chi connectivity index (χ3n) is 4.03. The van der Waals surface area contributed by atoms with E-state index in [1.54, 1.807) is 31.2 Å². The van der Waals surface area contributed by atoms with Crippen LogP contribution in [-0.4, -0.2) is 27.8 Å². The second kappa shape index (κ2) is 9.49. The van der Waals surface area contributed by atoms with Gasteiger partial charge in [0.1, 0.15) is 0 Å². The van der Waals surface area contributed by atoms with Crippen LogP contribution in [0.1, 0.15) is 28.7 Å². The maximum atomic E-state index is 12.0. The van der Waals surface area contributed by atoms with Gasteiger partial charge in [0.15, 0.2) is 5.11 Å². The number of hydrogen-bond donors (Lipinski definition) is 2. The molecule has 3 rings (SSSR count). The average Bonchev–Trinajstić information content (AvgIpc) is 3.17. The maximum Gasteiger partial charge on any atom is 0.338 e. The first kappa shape index (κ1) is 20.8. The number of nitrogens with zero attached hydrogens (tertiary/aromatic N) is 2. The Kier molecular flexibility index (Phi) is 6.79. The van der Waals surface area contributed by atoms with Crippen molar-refractivity contribution in [3.63, 3.8) is 0 Å². The lowest BCUT2D eigenvalue weighted by Gasteiger charge is -2.13. The minimum Gasteiger partial charge on any atom is -0.462 e. The van der Waals surface area contributed by atoms with Crippen LogP contribution in [0.5, 0.6) is 0 Å². The fourth-order valence-electron chi connectivity index (χ4n) is 2.59. The van der Waals surface area contributed by atoms with Crippen molar-refractivity contribution in [3.05, 3.63) is 64.5 Å². The summed E-state index contributed by atoms with van der Waals surface area (Å²) in [5.74, 6) is 0.453. The number of halogens is 1. The molecule has 29 heavy (non-hydrogen) atoms. The van der Waals surface area contributed by atoms with Gasteiger partial charge in [0.25, 0.3) is 0 Å². The van der Waals surface area contributed by atoms with Gasteiger partial charge in [0.05, 0.1) is 18.7 Å². The molecule has 0 fully saturated rings. The Labute approximate surface area is 178 Å². The number of esters is 1. The molecule has 0 aliphatic rings. The average molecular weight is 431 g/mol. The van der Waals surface area contributed by atoms with E-state index in [0.29, 0.717) is 39.7 Å². The molecule has 0 aliphatic carbocycles. The van der Waals surface area contributed by atoms with Crippen molar-refractivity contribution in [2.24, 2.45) is 0 Å². The fraction of sp³-hybridized carbons (Fsp3) is 0.200. The van der Waals surface area contributed by atoms with E-state index in [9.17, 15) is 4.79 Å². The van der Waals surface area contributed by atoms with Crippen molar-refractivity contribution in [1.82, 2.24) is 15.5 Å². The molecule has 9 heteroatoms. The van der Waals surface area contributed by atoms with Crippen molar-refractivity contribution in [1.29, 1.82) is 0 Å². The largest absolute Gasteiger partial charge is 0.462 e. The van der Waals surface area contributed by atoms with Gasteiger partial charge in [0, 0.05) is 16.3 Å². The van der Waals surface area contributed by atoms with Gasteiger partial charge >= 0.3 is 5.97 Å². The Morgan fingerprint density at radius 2 is 2.07 bits per heavy atom. The van der Waals surface area contributed by atoms with E-state index in [0.717, 1.165) is 11.1 Å². The molecule has 0 aliphatic heterocycles. The second-order valence-electron chi connectivity index (χ2n) is 6.03. The molecule has 150 valence electrons. The summed E-state index contributed by atoms with van der Waals surface area (Å²) in [5, 5.41) is 11.0. The van der Waals surface area contributed by atoms with Gasteiger partial charge in [-0.05, 0) is 55.9 Å². The van der Waals surface area contributed by atoms with Crippen molar-refractivity contribution in [2.45, 2.75) is 20.4 Å². The lowest BCUT2D eigenvalue weighted by Crippen LogP contribution is -2.28. The summed E-state index contributed by atoms with van der Waals surface area (Å²) >= 11 is 11.3. The number of anilines is 1. The molecule has 3 aromatic rings. The van der Waals surface area contributed by atoms with E-state index >= 15 is 0 Å². The Balaban J connectivity index is 1.61. The zero-order valence-electron chi connectivity index (χ0n) is 15.9. The molecular weight excluding hydrogens is 412 g/mol. The van der Waals surface area contributed by atoms with Gasteiger partial charge < -0.3 is 19.9 Å². The molecule has 0 amide bonds. The van der Waals surface area contributed by atoms with Gasteiger partial charge in [0.2, 0.25) is 11.7 Å². The molecule has 1 heterocycles. The number of thiocarbonyl (C=S) groups is 1. The number of carbonyl (C=O) groups is 1. The minimum atomic E-state index is -0.369. The summed E-state index contributed by atoms with van der Waals surface area (Å²) in [6.45, 7) is 4.16. The molecule has 0 bridgehead atoms. The Hall–Kier alpha value is -2.97. The molecule has 0 spiro atoms. The predicted octanol–water partition coefficient (Wildman–Crippen LogP) is 4.36. The van der Waals surface area contributed by atoms with Crippen molar-refractivity contribution >= 4 is 40.6 Å². The molecule has 0 radical (unpaired) electrons. The van der Waals surface area contributed by atoms with E-state index in [2.05, 4.69) is 20.8 Å². The Morgan fingerprint density at radius 3 is 2.83 bits per heavy atom. The van der Waals surface area contributed by atoms with E-state index in [4.69, 9.17) is 33.1 Å². The SMILES string of the molecule is CCOC(=O)c1cccc(NC(=S)NCc2nc(-c3cccc(Cl)c3)no2)c1C. The highest BCUT2D eigenvalue weighted by molar-refractivity contribution is 7.80. The predicted molar refractivity (Wildman–Crippen MR) is 115 cm³/mol. The molecule has 0 saturated heterocycles. The summed E-state index contributed by atoms with van der Waals surface area (Å²) in [4.78, 5) is 16.3. The van der Waals surface area contributed by atoms with E-state index in [-0.39, 0.29) is 12.5 Å². The highest BCUT2D eigenvalue weighted by Crippen LogP contribution is 2.21. The van der Waals surface area contributed by atoms with E-state index in [1.165, 1.54) is 0 Å². The quantitative estimate of drug-likeness (QED) is 0.440. The van der Waals surface area contributed by atoms with Crippen molar-refractivity contribution < 1.29 is 14.1 Å². The van der Waals surface area contributed by atoms with Crippen molar-refractivity contribution in [3.8, 4) is 11.4 Å². The molecule has 2 aromatic carbocycles. The van der Waals surface area contributed by atoms with Gasteiger partial charge in [-0.3, -0.25) is 0 Å². The van der Waals surface area contributed by atoms with Crippen LogP contribution in [-0.2, 0) is 11.3 Å². The summed E-state index contributed by atoms with van der Waals surface area (Å²) in [6, 6.07) is 12.5. The smallest absolute Gasteiger partial charge is 0.338 e. The number of nitrogens with one attached hydrogen (secondary N) is 2. The van der Waals surface area contributed by atoms with Crippen LogP contribution in [0.2, 0.25) is 5.02 Å². The van der Waals surface area contributed by atoms with Crippen LogP contribution in [0.4, 0.5) is 5.69 Å². The Morgan fingerprint density at radius 1 is 1.28 bits per heavy atom. The van der Waals surface area contributed by atoms with Crippen LogP contribution < -0.4 is 10.6 Å². The number of benzene rings is 2. The zero-order valence-corrected chi connectivity index (χ0v) is 17.4. The summed E-state index contributed by atoms with van der Waals surface area (Å²) in [7, 11) is 0. The number of aromatic nitrogens is 2. The van der Waals surface area contributed by atoms with Gasteiger partial charge in [-0.25, -0.2) is 4.79 Å². The normalized spacial score (nSPS) is 10.4. The summed E-state index contributed by atoms with van der Waals surface area (Å²) in [6.07, 6.45) is 0. The van der Waals surface area contributed by atoms with Crippen LogP contribution in [0.3, 0.4) is 0 Å². The molecule has 0 saturated carbocycles. The second-order valence-corrected chi connectivity index (χ2v) is 6.87. The zero-order chi connectivity index (χ0) is 20.8. The third kappa shape index (κ3) is 5.30. The number of ether oxygens (including phenoxy) is 1. The monoisotopic (exact) mass is 430 g/mol. The first-order valence-electron chi connectivity index (χ1n) is 8.88. The molecule has 0 unspecified atom stereocenters. The summed E-state index contributed by atoms with van der Waals surface area (Å²) in [5.41, 5.74) is 2.71. The maximum absolute atomic E-state index is 12.0. The van der Waals surface area contributed by atoms with Crippen LogP contribution in [0, 0.1) is 6.92 Å². The highest BCUT2D eigenvalue weighted by atomic mass is 35.5. The lowest BCUT2D eigenvalue weighted by atomic mass is 10.1. The third-order valence-corrected chi connectivity index (χ3v) is 4.51. The van der Waals surface area contributed by atoms with Crippen LogP contribution in [0.25, 0.3) is 11.4 Å². The van der Waals surface area contributed by atoms with Crippen LogP contribution >= 0.6 is 23.8 Å². The molecule has 2 N–H and O–H groups in total. The Bertz CT molecular complexity index is 1040. The van der Waals surface area contributed by atoms with Gasteiger partial charge in [-0.1, -0.05) is 35.0 Å². The molecule has 7 nitrogen and oxygen atoms in total.